The molecule has 0 bridgehead atoms. The molecular weight excluding hydrogens is 188 g/mol. The fourth-order valence-corrected chi connectivity index (χ4v) is 1.60. The van der Waals surface area contributed by atoms with E-state index >= 15 is 0 Å². The summed E-state index contributed by atoms with van der Waals surface area (Å²) < 4.78 is 0. The van der Waals surface area contributed by atoms with Gasteiger partial charge in [0.15, 0.2) is 0 Å². The molecule has 0 rings (SSSR count). The van der Waals surface area contributed by atoms with Crippen molar-refractivity contribution in [2.45, 2.75) is 58.9 Å². The molecule has 15 heavy (non-hydrogen) atoms. The molecule has 0 unspecified atom stereocenters. The second-order valence-corrected chi connectivity index (χ2v) is 4.28. The molecule has 2 N–H and O–H groups in total. The van der Waals surface area contributed by atoms with E-state index in [4.69, 9.17) is 5.73 Å². The van der Waals surface area contributed by atoms with Crippen LogP contribution < -0.4 is 5.73 Å². The third kappa shape index (κ3) is 6.50. The maximum Gasteiger partial charge on any atom is 0.222 e. The van der Waals surface area contributed by atoms with Gasteiger partial charge in [0, 0.05) is 19.0 Å². The van der Waals surface area contributed by atoms with E-state index in [2.05, 4.69) is 20.8 Å². The van der Waals surface area contributed by atoms with Crippen LogP contribution in [-0.4, -0.2) is 29.9 Å². The van der Waals surface area contributed by atoms with Crippen LogP contribution >= 0.6 is 0 Å². The Labute approximate surface area is 94.0 Å². The molecule has 0 aromatic rings. The van der Waals surface area contributed by atoms with E-state index in [9.17, 15) is 4.79 Å². The van der Waals surface area contributed by atoms with Crippen molar-refractivity contribution < 1.29 is 4.79 Å². The van der Waals surface area contributed by atoms with Crippen molar-refractivity contribution in [2.75, 3.05) is 13.1 Å². The van der Waals surface area contributed by atoms with Gasteiger partial charge in [-0.25, -0.2) is 0 Å². The third-order valence-corrected chi connectivity index (χ3v) is 2.54. The molecule has 90 valence electrons. The number of hydrogen-bond acceptors (Lipinski definition) is 2. The summed E-state index contributed by atoms with van der Waals surface area (Å²) in [7, 11) is 0. The van der Waals surface area contributed by atoms with Gasteiger partial charge in [0.05, 0.1) is 0 Å². The summed E-state index contributed by atoms with van der Waals surface area (Å²) in [4.78, 5) is 13.8. The quantitative estimate of drug-likeness (QED) is 0.629. The fourth-order valence-electron chi connectivity index (χ4n) is 1.60. The third-order valence-electron chi connectivity index (χ3n) is 2.54. The molecule has 0 aliphatic heterocycles. The lowest BCUT2D eigenvalue weighted by molar-refractivity contribution is -0.133. The maximum absolute atomic E-state index is 11.8. The highest BCUT2D eigenvalue weighted by Gasteiger charge is 2.15. The van der Waals surface area contributed by atoms with Gasteiger partial charge in [-0.3, -0.25) is 4.79 Å². The van der Waals surface area contributed by atoms with Gasteiger partial charge in [-0.1, -0.05) is 19.8 Å². The van der Waals surface area contributed by atoms with Gasteiger partial charge in [-0.15, -0.1) is 0 Å². The van der Waals surface area contributed by atoms with E-state index in [1.165, 1.54) is 12.8 Å². The van der Waals surface area contributed by atoms with E-state index in [0.717, 1.165) is 19.4 Å². The summed E-state index contributed by atoms with van der Waals surface area (Å²) in [6, 6.07) is 0.312. The highest BCUT2D eigenvalue weighted by atomic mass is 16.2. The van der Waals surface area contributed by atoms with Crippen molar-refractivity contribution in [1.29, 1.82) is 0 Å². The van der Waals surface area contributed by atoms with Crippen molar-refractivity contribution >= 4 is 5.91 Å². The smallest absolute Gasteiger partial charge is 0.222 e. The molecule has 0 saturated carbocycles. The summed E-state index contributed by atoms with van der Waals surface area (Å²) in [6.45, 7) is 7.83. The average molecular weight is 214 g/mol. The van der Waals surface area contributed by atoms with E-state index in [0.29, 0.717) is 19.0 Å². The number of nitrogens with zero attached hydrogens (tertiary/aromatic N) is 1. The van der Waals surface area contributed by atoms with Crippen molar-refractivity contribution in [3.05, 3.63) is 0 Å². The standard InChI is InChI=1S/C12H26N2O/c1-4-5-6-10-14(11(2)3)12(15)8-7-9-13/h11H,4-10,13H2,1-3H3. The van der Waals surface area contributed by atoms with Gasteiger partial charge in [0.25, 0.3) is 0 Å². The summed E-state index contributed by atoms with van der Waals surface area (Å²) in [5.41, 5.74) is 5.40. The molecule has 0 atom stereocenters. The zero-order valence-corrected chi connectivity index (χ0v) is 10.5. The average Bonchev–Trinajstić information content (AvgIpc) is 2.20. The van der Waals surface area contributed by atoms with Crippen molar-refractivity contribution in [3.63, 3.8) is 0 Å². The lowest BCUT2D eigenvalue weighted by Gasteiger charge is -2.26. The lowest BCUT2D eigenvalue weighted by Crippen LogP contribution is -2.37. The molecule has 0 aliphatic rings. The maximum atomic E-state index is 11.8. The molecule has 3 nitrogen and oxygen atoms in total. The summed E-state index contributed by atoms with van der Waals surface area (Å²) in [5, 5.41) is 0. The Bertz CT molecular complexity index is 169. The number of carbonyl (C=O) groups excluding carboxylic acids is 1. The van der Waals surface area contributed by atoms with Gasteiger partial charge in [0.1, 0.15) is 0 Å². The van der Waals surface area contributed by atoms with Crippen LogP contribution in [0.2, 0.25) is 0 Å². The zero-order chi connectivity index (χ0) is 11.7. The molecule has 3 heteroatoms. The van der Waals surface area contributed by atoms with Crippen molar-refractivity contribution in [2.24, 2.45) is 5.73 Å². The first kappa shape index (κ1) is 14.4. The first-order valence-corrected chi connectivity index (χ1v) is 6.13. The number of rotatable bonds is 8. The van der Waals surface area contributed by atoms with E-state index in [1.54, 1.807) is 0 Å². The minimum atomic E-state index is 0.256. The normalized spacial score (nSPS) is 10.7. The van der Waals surface area contributed by atoms with E-state index < -0.39 is 0 Å². The van der Waals surface area contributed by atoms with Gasteiger partial charge in [-0.2, -0.15) is 0 Å². The predicted molar refractivity (Wildman–Crippen MR) is 64.7 cm³/mol. The minimum absolute atomic E-state index is 0.256. The molecule has 0 aromatic carbocycles. The Morgan fingerprint density at radius 1 is 1.27 bits per heavy atom. The lowest BCUT2D eigenvalue weighted by atomic mass is 10.2. The van der Waals surface area contributed by atoms with Crippen LogP contribution in [0.1, 0.15) is 52.9 Å². The fraction of sp³-hybridized carbons (Fsp3) is 0.917. The van der Waals surface area contributed by atoms with Crippen LogP contribution in [-0.2, 0) is 4.79 Å². The first-order chi connectivity index (χ1) is 7.13. The van der Waals surface area contributed by atoms with Crippen molar-refractivity contribution in [1.82, 2.24) is 4.90 Å². The molecule has 0 radical (unpaired) electrons. The molecule has 0 fully saturated rings. The second-order valence-electron chi connectivity index (χ2n) is 4.28. The number of amides is 1. The number of carbonyl (C=O) groups is 1. The van der Waals surface area contributed by atoms with E-state index in [-0.39, 0.29) is 5.91 Å². The van der Waals surface area contributed by atoms with Gasteiger partial charge in [0.2, 0.25) is 5.91 Å². The molecule has 0 spiro atoms. The Morgan fingerprint density at radius 3 is 2.40 bits per heavy atom. The van der Waals surface area contributed by atoms with Gasteiger partial charge in [-0.05, 0) is 33.2 Å². The van der Waals surface area contributed by atoms with Crippen molar-refractivity contribution in [3.8, 4) is 0 Å². The Hall–Kier alpha value is -0.570. The number of nitrogens with two attached hydrogens (primary N) is 1. The van der Waals surface area contributed by atoms with Crippen LogP contribution in [0.4, 0.5) is 0 Å². The molecular formula is C12H26N2O. The van der Waals surface area contributed by atoms with Crippen LogP contribution in [0, 0.1) is 0 Å². The monoisotopic (exact) mass is 214 g/mol. The van der Waals surface area contributed by atoms with Crippen LogP contribution in [0.5, 0.6) is 0 Å². The van der Waals surface area contributed by atoms with Crippen LogP contribution in [0.3, 0.4) is 0 Å². The van der Waals surface area contributed by atoms with Gasteiger partial charge >= 0.3 is 0 Å². The number of unbranched alkanes of at least 4 members (excludes halogenated alkanes) is 2. The van der Waals surface area contributed by atoms with Gasteiger partial charge < -0.3 is 10.6 Å². The minimum Gasteiger partial charge on any atom is -0.340 e. The Morgan fingerprint density at radius 2 is 1.93 bits per heavy atom. The molecule has 0 saturated heterocycles. The summed E-state index contributed by atoms with van der Waals surface area (Å²) in [6.07, 6.45) is 4.91. The molecule has 0 aromatic heterocycles. The highest BCUT2D eigenvalue weighted by molar-refractivity contribution is 5.76. The Kier molecular flexibility index (Phi) is 8.38. The highest BCUT2D eigenvalue weighted by Crippen LogP contribution is 2.06. The molecule has 0 aliphatic carbocycles. The predicted octanol–water partition coefficient (Wildman–Crippen LogP) is 2.15. The number of hydrogen-bond donors (Lipinski definition) is 1. The summed E-state index contributed by atoms with van der Waals surface area (Å²) in [5.74, 6) is 0.256. The summed E-state index contributed by atoms with van der Waals surface area (Å²) >= 11 is 0. The SMILES string of the molecule is CCCCCN(C(=O)CCCN)C(C)C. The second kappa shape index (κ2) is 8.72. The zero-order valence-electron chi connectivity index (χ0n) is 10.5. The topological polar surface area (TPSA) is 46.3 Å². The molecule has 1 amide bonds. The Balaban J connectivity index is 3.96. The molecule has 0 heterocycles. The largest absolute Gasteiger partial charge is 0.340 e. The van der Waals surface area contributed by atoms with E-state index in [1.807, 2.05) is 4.90 Å². The first-order valence-electron chi connectivity index (χ1n) is 6.13. The van der Waals surface area contributed by atoms with Crippen LogP contribution in [0.15, 0.2) is 0 Å². The van der Waals surface area contributed by atoms with Crippen LogP contribution in [0.25, 0.3) is 0 Å².